The Morgan fingerprint density at radius 3 is 2.75 bits per heavy atom. The number of aryl methyl sites for hydroxylation is 1. The third kappa shape index (κ3) is 4.32. The zero-order valence-corrected chi connectivity index (χ0v) is 18.8. The van der Waals surface area contributed by atoms with Crippen molar-refractivity contribution in [3.05, 3.63) is 65.1 Å². The number of Topliss-reactive ketones (excluding diaryl/α,β-unsaturated/α-hetero) is 1. The fraction of sp³-hybridized carbons (Fsp3) is 0.280. The van der Waals surface area contributed by atoms with Gasteiger partial charge in [0.2, 0.25) is 5.95 Å². The molecule has 0 radical (unpaired) electrons. The predicted molar refractivity (Wildman–Crippen MR) is 127 cm³/mol. The Morgan fingerprint density at radius 1 is 1.16 bits per heavy atom. The minimum atomic E-state index is 0.211. The molecule has 0 fully saturated rings. The van der Waals surface area contributed by atoms with Crippen LogP contribution in [0.5, 0.6) is 5.75 Å². The first kappa shape index (κ1) is 21.5. The Balaban J connectivity index is 1.77. The van der Waals surface area contributed by atoms with Gasteiger partial charge in [-0.05, 0) is 53.5 Å². The number of fused-ring (bicyclic) bond motifs is 1. The number of allylic oxidation sites excluding steroid dienone is 2. The minimum Gasteiger partial charge on any atom is -0.496 e. The molecule has 7 heteroatoms. The summed E-state index contributed by atoms with van der Waals surface area (Å²) in [5, 5.41) is 6.35. The monoisotopic (exact) mass is 429 g/mol. The number of rotatable bonds is 8. The van der Waals surface area contributed by atoms with Gasteiger partial charge in [0.1, 0.15) is 17.4 Å². The van der Waals surface area contributed by atoms with Gasteiger partial charge in [-0.25, -0.2) is 4.98 Å². The second kappa shape index (κ2) is 9.18. The number of hydrogen-bond donors (Lipinski definition) is 2. The Kier molecular flexibility index (Phi) is 6.16. The quantitative estimate of drug-likeness (QED) is 0.531. The Hall–Kier alpha value is -3.74. The first-order valence-electron chi connectivity index (χ1n) is 10.7. The van der Waals surface area contributed by atoms with Crippen molar-refractivity contribution in [2.45, 2.75) is 33.1 Å². The molecule has 1 aromatic carbocycles. The molecule has 0 saturated carbocycles. The maximum atomic E-state index is 12.4. The van der Waals surface area contributed by atoms with Crippen LogP contribution < -0.4 is 15.4 Å². The number of ether oxygens (including phenoxy) is 1. The SMILES string of the molecule is CCC(=O)CC1=C(c2cc(Nc3nc(C)cc(NC)n3)ccc2OC)Cc2cnccc21. The van der Waals surface area contributed by atoms with Crippen LogP contribution in [-0.2, 0) is 11.2 Å². The standard InChI is InChI=1S/C25H27N5O2/c1-5-18(31)13-21-19-8-9-27-14-16(19)11-20(21)22-12-17(6-7-23(22)32-4)29-25-28-15(2)10-24(26-3)30-25/h6-10,12,14H,5,11,13H2,1-4H3,(H2,26,28,29,30). The van der Waals surface area contributed by atoms with E-state index in [-0.39, 0.29) is 5.78 Å². The van der Waals surface area contributed by atoms with Crippen molar-refractivity contribution >= 4 is 34.4 Å². The molecule has 7 nitrogen and oxygen atoms in total. The van der Waals surface area contributed by atoms with Gasteiger partial charge in [0, 0.05) is 61.7 Å². The zero-order valence-electron chi connectivity index (χ0n) is 18.8. The number of aromatic nitrogens is 3. The second-order valence-corrected chi connectivity index (χ2v) is 7.74. The van der Waals surface area contributed by atoms with Crippen LogP contribution in [0.4, 0.5) is 17.5 Å². The highest BCUT2D eigenvalue weighted by atomic mass is 16.5. The summed E-state index contributed by atoms with van der Waals surface area (Å²) in [5.41, 5.74) is 7.03. The molecule has 0 saturated heterocycles. The van der Waals surface area contributed by atoms with Crippen molar-refractivity contribution in [1.29, 1.82) is 0 Å². The van der Waals surface area contributed by atoms with Gasteiger partial charge >= 0.3 is 0 Å². The number of ketones is 1. The molecule has 3 aromatic rings. The van der Waals surface area contributed by atoms with E-state index in [1.807, 2.05) is 57.4 Å². The molecule has 0 unspecified atom stereocenters. The van der Waals surface area contributed by atoms with Crippen molar-refractivity contribution in [3.63, 3.8) is 0 Å². The van der Waals surface area contributed by atoms with E-state index in [1.165, 1.54) is 0 Å². The summed E-state index contributed by atoms with van der Waals surface area (Å²) in [6, 6.07) is 9.79. The zero-order chi connectivity index (χ0) is 22.7. The van der Waals surface area contributed by atoms with Crippen LogP contribution in [0.25, 0.3) is 11.1 Å². The summed E-state index contributed by atoms with van der Waals surface area (Å²) in [6.45, 7) is 3.83. The van der Waals surface area contributed by atoms with E-state index in [4.69, 9.17) is 4.74 Å². The van der Waals surface area contributed by atoms with E-state index in [9.17, 15) is 4.79 Å². The Morgan fingerprint density at radius 2 is 2.00 bits per heavy atom. The molecule has 2 N–H and O–H groups in total. The van der Waals surface area contributed by atoms with Crippen LogP contribution in [0.1, 0.15) is 42.1 Å². The molecule has 1 aliphatic carbocycles. The highest BCUT2D eigenvalue weighted by Crippen LogP contribution is 2.43. The van der Waals surface area contributed by atoms with E-state index >= 15 is 0 Å². The smallest absolute Gasteiger partial charge is 0.229 e. The van der Waals surface area contributed by atoms with Gasteiger partial charge in [-0.15, -0.1) is 0 Å². The van der Waals surface area contributed by atoms with Crippen molar-refractivity contribution in [2.75, 3.05) is 24.8 Å². The number of carbonyl (C=O) groups is 1. The third-order valence-corrected chi connectivity index (χ3v) is 5.62. The number of hydrogen-bond acceptors (Lipinski definition) is 7. The topological polar surface area (TPSA) is 89.0 Å². The van der Waals surface area contributed by atoms with E-state index in [1.54, 1.807) is 13.3 Å². The van der Waals surface area contributed by atoms with Gasteiger partial charge in [0.15, 0.2) is 0 Å². The molecule has 0 bridgehead atoms. The van der Waals surface area contributed by atoms with Crippen molar-refractivity contribution < 1.29 is 9.53 Å². The van der Waals surface area contributed by atoms with Gasteiger partial charge in [0.25, 0.3) is 0 Å². The third-order valence-electron chi connectivity index (χ3n) is 5.62. The summed E-state index contributed by atoms with van der Waals surface area (Å²) >= 11 is 0. The first-order chi connectivity index (χ1) is 15.5. The lowest BCUT2D eigenvalue weighted by Crippen LogP contribution is -2.03. The van der Waals surface area contributed by atoms with Crippen LogP contribution in [-0.4, -0.2) is 34.9 Å². The fourth-order valence-corrected chi connectivity index (χ4v) is 4.01. The Labute approximate surface area is 188 Å². The number of anilines is 3. The van der Waals surface area contributed by atoms with Gasteiger partial charge in [-0.1, -0.05) is 6.92 Å². The maximum absolute atomic E-state index is 12.4. The van der Waals surface area contributed by atoms with E-state index < -0.39 is 0 Å². The minimum absolute atomic E-state index is 0.211. The molecule has 1 aliphatic rings. The summed E-state index contributed by atoms with van der Waals surface area (Å²) < 4.78 is 5.69. The molecule has 0 atom stereocenters. The Bertz CT molecular complexity index is 1200. The van der Waals surface area contributed by atoms with Gasteiger partial charge in [-0.3, -0.25) is 9.78 Å². The normalized spacial score (nSPS) is 12.5. The molecule has 0 aliphatic heterocycles. The van der Waals surface area contributed by atoms with Gasteiger partial charge in [0.05, 0.1) is 7.11 Å². The summed E-state index contributed by atoms with van der Waals surface area (Å²) in [5.74, 6) is 2.23. The van der Waals surface area contributed by atoms with Crippen molar-refractivity contribution in [1.82, 2.24) is 15.0 Å². The molecule has 2 aromatic heterocycles. The van der Waals surface area contributed by atoms with E-state index in [0.717, 1.165) is 50.8 Å². The molecule has 0 spiro atoms. The number of benzene rings is 1. The highest BCUT2D eigenvalue weighted by Gasteiger charge is 2.26. The predicted octanol–water partition coefficient (Wildman–Crippen LogP) is 4.81. The maximum Gasteiger partial charge on any atom is 0.229 e. The van der Waals surface area contributed by atoms with Crippen LogP contribution >= 0.6 is 0 Å². The first-order valence-corrected chi connectivity index (χ1v) is 10.7. The van der Waals surface area contributed by atoms with Crippen LogP contribution in [0.2, 0.25) is 0 Å². The number of pyridine rings is 1. The fourth-order valence-electron chi connectivity index (χ4n) is 4.01. The molecular weight excluding hydrogens is 402 g/mol. The molecule has 0 amide bonds. The molecule has 4 rings (SSSR count). The lowest BCUT2D eigenvalue weighted by Gasteiger charge is -2.15. The number of carbonyl (C=O) groups excluding carboxylic acids is 1. The van der Waals surface area contributed by atoms with Crippen LogP contribution in [0, 0.1) is 6.92 Å². The summed E-state index contributed by atoms with van der Waals surface area (Å²) in [4.78, 5) is 25.6. The number of nitrogens with zero attached hydrogens (tertiary/aromatic N) is 3. The average Bonchev–Trinajstić information content (AvgIpc) is 3.16. The van der Waals surface area contributed by atoms with Crippen molar-refractivity contribution in [3.8, 4) is 5.75 Å². The molecule has 32 heavy (non-hydrogen) atoms. The molecule has 164 valence electrons. The number of nitrogens with one attached hydrogen (secondary N) is 2. The summed E-state index contributed by atoms with van der Waals surface area (Å²) in [7, 11) is 3.49. The largest absolute Gasteiger partial charge is 0.496 e. The highest BCUT2D eigenvalue weighted by molar-refractivity contribution is 6.04. The number of methoxy groups -OCH3 is 1. The lowest BCUT2D eigenvalue weighted by molar-refractivity contribution is -0.117. The second-order valence-electron chi connectivity index (χ2n) is 7.74. The molecular formula is C25H27N5O2. The molecule has 2 heterocycles. The van der Waals surface area contributed by atoms with Crippen LogP contribution in [0.3, 0.4) is 0 Å². The van der Waals surface area contributed by atoms with Gasteiger partial charge in [-0.2, -0.15) is 4.98 Å². The lowest BCUT2D eigenvalue weighted by atomic mass is 9.95. The van der Waals surface area contributed by atoms with Gasteiger partial charge < -0.3 is 15.4 Å². The summed E-state index contributed by atoms with van der Waals surface area (Å²) in [6.07, 6.45) is 5.28. The van der Waals surface area contributed by atoms with Crippen molar-refractivity contribution in [2.24, 2.45) is 0 Å². The van der Waals surface area contributed by atoms with E-state index in [2.05, 4.69) is 25.6 Å². The van der Waals surface area contributed by atoms with E-state index in [0.29, 0.717) is 25.2 Å². The van der Waals surface area contributed by atoms with Crippen LogP contribution in [0.15, 0.2) is 42.7 Å². The average molecular weight is 430 g/mol.